The second-order valence-electron chi connectivity index (χ2n) is 9.55. The van der Waals surface area contributed by atoms with E-state index >= 15 is 0 Å². The maximum atomic E-state index is 13.4. The fourth-order valence-corrected chi connectivity index (χ4v) is 6.43. The summed E-state index contributed by atoms with van der Waals surface area (Å²) in [5.41, 5.74) is 3.01. The molecule has 0 spiro atoms. The molecule has 10 heteroatoms. The molecule has 0 unspecified atom stereocenters. The third-order valence-corrected chi connectivity index (χ3v) is 8.28. The highest BCUT2D eigenvalue weighted by Crippen LogP contribution is 2.55. The van der Waals surface area contributed by atoms with Gasteiger partial charge in [-0.05, 0) is 81.7 Å². The molecule has 1 saturated heterocycles. The molecule has 0 bridgehead atoms. The second kappa shape index (κ2) is 10.1. The van der Waals surface area contributed by atoms with Crippen LogP contribution in [-0.4, -0.2) is 46.6 Å². The Morgan fingerprint density at radius 3 is 2.26 bits per heavy atom. The molecule has 3 aliphatic rings. The van der Waals surface area contributed by atoms with E-state index in [0.717, 1.165) is 20.3 Å². The Bertz CT molecular complexity index is 1450. The lowest BCUT2D eigenvalue weighted by atomic mass is 9.65. The van der Waals surface area contributed by atoms with Gasteiger partial charge < -0.3 is 33.7 Å². The molecule has 2 aliphatic heterocycles. The zero-order valence-corrected chi connectivity index (χ0v) is 23.6. The van der Waals surface area contributed by atoms with Crippen molar-refractivity contribution in [1.82, 2.24) is 5.32 Å². The number of hydrogen-bond donors (Lipinski definition) is 1. The Kier molecular flexibility index (Phi) is 6.66. The predicted molar refractivity (Wildman–Crippen MR) is 148 cm³/mol. The molecule has 9 nitrogen and oxygen atoms in total. The van der Waals surface area contributed by atoms with Crippen LogP contribution in [0.2, 0.25) is 0 Å². The first-order valence-electron chi connectivity index (χ1n) is 12.4. The molecule has 3 aromatic rings. The van der Waals surface area contributed by atoms with Crippen LogP contribution in [0, 0.1) is 15.4 Å². The van der Waals surface area contributed by atoms with Gasteiger partial charge in [0.1, 0.15) is 0 Å². The van der Waals surface area contributed by atoms with Gasteiger partial charge in [-0.25, -0.2) is 0 Å². The van der Waals surface area contributed by atoms with Crippen LogP contribution >= 0.6 is 22.6 Å². The van der Waals surface area contributed by atoms with Gasteiger partial charge in [0.25, 0.3) is 5.91 Å². The van der Waals surface area contributed by atoms with E-state index in [9.17, 15) is 9.59 Å². The number of hydrogen-bond acceptors (Lipinski definition) is 8. The molecule has 202 valence electrons. The molecule has 39 heavy (non-hydrogen) atoms. The zero-order chi connectivity index (χ0) is 27.3. The molecule has 0 saturated carbocycles. The first-order valence-corrected chi connectivity index (χ1v) is 13.5. The van der Waals surface area contributed by atoms with Crippen LogP contribution in [0.25, 0.3) is 0 Å². The number of benzene rings is 3. The van der Waals surface area contributed by atoms with Crippen molar-refractivity contribution in [2.24, 2.45) is 11.8 Å². The molecule has 4 atom stereocenters. The Labute approximate surface area is 238 Å². The Morgan fingerprint density at radius 2 is 1.62 bits per heavy atom. The van der Waals surface area contributed by atoms with Gasteiger partial charge in [0.05, 0.1) is 39.9 Å². The Balaban J connectivity index is 1.52. The molecule has 6 rings (SSSR count). The summed E-state index contributed by atoms with van der Waals surface area (Å²) in [5, 5.41) is 3.20. The lowest BCUT2D eigenvalue weighted by Gasteiger charge is -2.39. The summed E-state index contributed by atoms with van der Waals surface area (Å²) in [5.74, 6) is 0.725. The van der Waals surface area contributed by atoms with Crippen LogP contribution in [0.5, 0.6) is 28.7 Å². The van der Waals surface area contributed by atoms with Crippen molar-refractivity contribution >= 4 is 34.5 Å². The number of nitrogens with one attached hydrogen (secondary N) is 1. The number of rotatable bonds is 6. The average Bonchev–Trinajstić information content (AvgIpc) is 3.57. The SMILES string of the molecule is COc1cc([C@@H]2c3cc4c(cc3[C@@H](NC(=O)c3cccc(I)c3)[C@H]3COC(=O)[C@H]23)OCO4)cc(OC)c1OC. The standard InChI is InChI=1S/C29H26INO8/c1-34-22-8-15(9-23(35-2)27(22)36-3)24-17-10-20-21(39-13-38-20)11-18(17)26(19-12-37-29(33)25(19)24)31-28(32)14-5-4-6-16(30)7-14/h4-11,19,24-26H,12-13H2,1-3H3,(H,31,32)/t19-,24+,25-,26+/m0/s1. The summed E-state index contributed by atoms with van der Waals surface area (Å²) in [4.78, 5) is 26.8. The van der Waals surface area contributed by atoms with E-state index < -0.39 is 17.9 Å². The van der Waals surface area contributed by atoms with E-state index in [2.05, 4.69) is 27.9 Å². The lowest BCUT2D eigenvalue weighted by Crippen LogP contribution is -2.42. The fourth-order valence-electron chi connectivity index (χ4n) is 5.88. The molecule has 1 amide bonds. The third-order valence-electron chi connectivity index (χ3n) is 7.61. The molecule has 0 aromatic heterocycles. The quantitative estimate of drug-likeness (QED) is 0.311. The van der Waals surface area contributed by atoms with Crippen molar-refractivity contribution in [3.63, 3.8) is 0 Å². The first kappa shape index (κ1) is 25.6. The maximum Gasteiger partial charge on any atom is 0.310 e. The Morgan fingerprint density at radius 1 is 0.923 bits per heavy atom. The van der Waals surface area contributed by atoms with Gasteiger partial charge in [0.2, 0.25) is 12.5 Å². The largest absolute Gasteiger partial charge is 0.493 e. The number of ether oxygens (including phenoxy) is 6. The maximum absolute atomic E-state index is 13.4. The summed E-state index contributed by atoms with van der Waals surface area (Å²) in [6.45, 7) is 0.275. The molecular weight excluding hydrogens is 617 g/mol. The van der Waals surface area contributed by atoms with Crippen molar-refractivity contribution in [3.05, 3.63) is 74.4 Å². The molecule has 1 aliphatic carbocycles. The minimum absolute atomic E-state index is 0.0987. The second-order valence-corrected chi connectivity index (χ2v) is 10.8. The predicted octanol–water partition coefficient (Wildman–Crippen LogP) is 4.45. The molecule has 1 N–H and O–H groups in total. The van der Waals surface area contributed by atoms with E-state index in [4.69, 9.17) is 28.4 Å². The third kappa shape index (κ3) is 4.30. The summed E-state index contributed by atoms with van der Waals surface area (Å²) in [6, 6.07) is 14.4. The number of cyclic esters (lactones) is 1. The summed E-state index contributed by atoms with van der Waals surface area (Å²) >= 11 is 2.18. The van der Waals surface area contributed by atoms with E-state index in [1.165, 1.54) is 0 Å². The van der Waals surface area contributed by atoms with Crippen LogP contribution in [0.4, 0.5) is 0 Å². The number of methoxy groups -OCH3 is 3. The Hall–Kier alpha value is -3.67. The van der Waals surface area contributed by atoms with E-state index in [1.807, 2.05) is 42.5 Å². The van der Waals surface area contributed by atoms with Crippen molar-refractivity contribution in [2.45, 2.75) is 12.0 Å². The number of esters is 1. The van der Waals surface area contributed by atoms with Gasteiger partial charge in [-0.1, -0.05) is 6.07 Å². The minimum atomic E-state index is -0.568. The highest BCUT2D eigenvalue weighted by Gasteiger charge is 2.53. The van der Waals surface area contributed by atoms with Crippen LogP contribution < -0.4 is 29.0 Å². The van der Waals surface area contributed by atoms with Crippen LogP contribution in [0.15, 0.2) is 48.5 Å². The van der Waals surface area contributed by atoms with Gasteiger partial charge in [-0.2, -0.15) is 0 Å². The van der Waals surface area contributed by atoms with E-state index in [-0.39, 0.29) is 31.2 Å². The molecule has 0 radical (unpaired) electrons. The minimum Gasteiger partial charge on any atom is -0.493 e. The number of halogens is 1. The van der Waals surface area contributed by atoms with Gasteiger partial charge >= 0.3 is 5.97 Å². The summed E-state index contributed by atoms with van der Waals surface area (Å²) < 4.78 is 34.8. The topological polar surface area (TPSA) is 102 Å². The number of amides is 1. The van der Waals surface area contributed by atoms with Gasteiger partial charge in [0.15, 0.2) is 23.0 Å². The molecule has 2 heterocycles. The number of carbonyl (C=O) groups excluding carboxylic acids is 2. The fraction of sp³-hybridized carbons (Fsp3) is 0.310. The first-order chi connectivity index (χ1) is 18.9. The van der Waals surface area contributed by atoms with Crippen LogP contribution in [0.1, 0.15) is 39.0 Å². The monoisotopic (exact) mass is 643 g/mol. The molecular formula is C29H26INO8. The van der Waals surface area contributed by atoms with Gasteiger partial charge in [-0.3, -0.25) is 9.59 Å². The summed E-state index contributed by atoms with van der Waals surface area (Å²) in [7, 11) is 4.65. The molecule has 3 aromatic carbocycles. The van der Waals surface area contributed by atoms with E-state index in [0.29, 0.717) is 34.3 Å². The normalized spacial score (nSPS) is 22.4. The lowest BCUT2D eigenvalue weighted by molar-refractivity contribution is -0.141. The van der Waals surface area contributed by atoms with Gasteiger partial charge in [-0.15, -0.1) is 0 Å². The number of carbonyl (C=O) groups is 2. The average molecular weight is 643 g/mol. The van der Waals surface area contributed by atoms with E-state index in [1.54, 1.807) is 27.4 Å². The van der Waals surface area contributed by atoms with Crippen LogP contribution in [0.3, 0.4) is 0 Å². The van der Waals surface area contributed by atoms with Crippen molar-refractivity contribution in [2.75, 3.05) is 34.7 Å². The number of fused-ring (bicyclic) bond motifs is 3. The van der Waals surface area contributed by atoms with Gasteiger partial charge in [0, 0.05) is 21.0 Å². The van der Waals surface area contributed by atoms with Crippen LogP contribution in [-0.2, 0) is 9.53 Å². The van der Waals surface area contributed by atoms with Crippen molar-refractivity contribution in [3.8, 4) is 28.7 Å². The smallest absolute Gasteiger partial charge is 0.310 e. The van der Waals surface area contributed by atoms with Crippen molar-refractivity contribution < 1.29 is 38.0 Å². The zero-order valence-electron chi connectivity index (χ0n) is 21.5. The molecule has 1 fully saturated rings. The highest BCUT2D eigenvalue weighted by atomic mass is 127. The highest BCUT2D eigenvalue weighted by molar-refractivity contribution is 14.1. The summed E-state index contributed by atoms with van der Waals surface area (Å²) in [6.07, 6.45) is 0. The van der Waals surface area contributed by atoms with Crippen molar-refractivity contribution in [1.29, 1.82) is 0 Å².